The van der Waals surface area contributed by atoms with Crippen LogP contribution in [0.2, 0.25) is 0 Å². The van der Waals surface area contributed by atoms with Gasteiger partial charge in [0.25, 0.3) is 5.69 Å². The minimum Gasteiger partial charge on any atom is -0.478 e. The van der Waals surface area contributed by atoms with E-state index in [2.05, 4.69) is 10.3 Å². The molecule has 2 aromatic rings. The summed E-state index contributed by atoms with van der Waals surface area (Å²) in [6.45, 7) is 1.84. The number of hydrogen-bond donors (Lipinski definition) is 2. The van der Waals surface area contributed by atoms with Crippen LogP contribution in [0.15, 0.2) is 36.7 Å². The summed E-state index contributed by atoms with van der Waals surface area (Å²) < 4.78 is 0. The molecule has 0 atom stereocenters. The van der Waals surface area contributed by atoms with Crippen molar-refractivity contribution in [1.29, 1.82) is 0 Å². The first-order chi connectivity index (χ1) is 9.49. The number of pyridine rings is 1. The van der Waals surface area contributed by atoms with Crippen molar-refractivity contribution in [2.24, 2.45) is 0 Å². The molecule has 0 amide bonds. The molecular formula is C13H11N3O4. The van der Waals surface area contributed by atoms with E-state index in [9.17, 15) is 14.9 Å². The Morgan fingerprint density at radius 1 is 1.35 bits per heavy atom. The smallest absolute Gasteiger partial charge is 0.338 e. The molecule has 0 aliphatic rings. The van der Waals surface area contributed by atoms with Gasteiger partial charge in [0.2, 0.25) is 0 Å². The van der Waals surface area contributed by atoms with Crippen LogP contribution in [0, 0.1) is 17.0 Å². The molecule has 1 aromatic heterocycles. The van der Waals surface area contributed by atoms with E-state index in [-0.39, 0.29) is 16.9 Å². The van der Waals surface area contributed by atoms with Crippen LogP contribution in [0.25, 0.3) is 0 Å². The molecule has 0 spiro atoms. The number of non-ortho nitro benzene ring substituents is 1. The van der Waals surface area contributed by atoms with Crippen LogP contribution in [0.4, 0.5) is 17.1 Å². The number of nitro groups is 1. The lowest BCUT2D eigenvalue weighted by Gasteiger charge is -2.11. The maximum Gasteiger partial charge on any atom is 0.338 e. The molecule has 0 unspecified atom stereocenters. The van der Waals surface area contributed by atoms with Gasteiger partial charge >= 0.3 is 5.97 Å². The predicted molar refractivity (Wildman–Crippen MR) is 72.3 cm³/mol. The zero-order valence-corrected chi connectivity index (χ0v) is 10.5. The molecule has 102 valence electrons. The summed E-state index contributed by atoms with van der Waals surface area (Å²) in [6.07, 6.45) is 3.18. The first-order valence-electron chi connectivity index (χ1n) is 5.68. The summed E-state index contributed by atoms with van der Waals surface area (Å²) in [5.74, 6) is -1.24. The van der Waals surface area contributed by atoms with Gasteiger partial charge < -0.3 is 10.4 Å². The Kier molecular flexibility index (Phi) is 3.60. The maximum absolute atomic E-state index is 11.2. The third kappa shape index (κ3) is 2.72. The van der Waals surface area contributed by atoms with E-state index in [1.807, 2.05) is 6.92 Å². The average molecular weight is 273 g/mol. The first kappa shape index (κ1) is 13.5. The second-order valence-electron chi connectivity index (χ2n) is 4.11. The third-order valence-corrected chi connectivity index (χ3v) is 2.75. The number of hydrogen-bond acceptors (Lipinski definition) is 5. The Morgan fingerprint density at radius 3 is 2.70 bits per heavy atom. The van der Waals surface area contributed by atoms with Gasteiger partial charge in [-0.2, -0.15) is 0 Å². The van der Waals surface area contributed by atoms with Gasteiger partial charge in [-0.1, -0.05) is 0 Å². The van der Waals surface area contributed by atoms with Crippen molar-refractivity contribution < 1.29 is 14.8 Å². The van der Waals surface area contributed by atoms with E-state index in [0.717, 1.165) is 11.6 Å². The summed E-state index contributed by atoms with van der Waals surface area (Å²) in [4.78, 5) is 25.2. The quantitative estimate of drug-likeness (QED) is 0.655. The molecule has 0 aliphatic heterocycles. The molecule has 0 fully saturated rings. The fourth-order valence-electron chi connectivity index (χ4n) is 1.67. The second kappa shape index (κ2) is 5.35. The van der Waals surface area contributed by atoms with E-state index >= 15 is 0 Å². The van der Waals surface area contributed by atoms with E-state index in [1.165, 1.54) is 12.1 Å². The van der Waals surface area contributed by atoms with Gasteiger partial charge in [0.1, 0.15) is 0 Å². The molecule has 20 heavy (non-hydrogen) atoms. The number of carboxylic acid groups (broad SMARTS) is 1. The number of rotatable bonds is 4. The highest BCUT2D eigenvalue weighted by Crippen LogP contribution is 2.26. The van der Waals surface area contributed by atoms with Crippen LogP contribution in [-0.4, -0.2) is 21.0 Å². The van der Waals surface area contributed by atoms with Crippen LogP contribution in [0.3, 0.4) is 0 Å². The SMILES string of the molecule is Cc1ccncc1Nc1ccc([N+](=O)[O-])cc1C(=O)O. The number of aryl methyl sites for hydroxylation is 1. The van der Waals surface area contributed by atoms with Crippen LogP contribution in [-0.2, 0) is 0 Å². The summed E-state index contributed by atoms with van der Waals surface area (Å²) >= 11 is 0. The van der Waals surface area contributed by atoms with Gasteiger partial charge in [0.15, 0.2) is 0 Å². The predicted octanol–water partition coefficient (Wildman–Crippen LogP) is 2.74. The fourth-order valence-corrected chi connectivity index (χ4v) is 1.67. The Morgan fingerprint density at radius 2 is 2.10 bits per heavy atom. The van der Waals surface area contributed by atoms with Crippen molar-refractivity contribution in [1.82, 2.24) is 4.98 Å². The molecular weight excluding hydrogens is 262 g/mol. The first-order valence-corrected chi connectivity index (χ1v) is 5.68. The lowest BCUT2D eigenvalue weighted by molar-refractivity contribution is -0.384. The zero-order chi connectivity index (χ0) is 14.7. The molecule has 2 rings (SSSR count). The lowest BCUT2D eigenvalue weighted by atomic mass is 10.1. The third-order valence-electron chi connectivity index (χ3n) is 2.75. The molecule has 0 radical (unpaired) electrons. The number of carbonyl (C=O) groups is 1. The Balaban J connectivity index is 2.44. The monoisotopic (exact) mass is 273 g/mol. The lowest BCUT2D eigenvalue weighted by Crippen LogP contribution is -2.04. The summed E-state index contributed by atoms with van der Waals surface area (Å²) in [5.41, 5.74) is 1.37. The molecule has 0 saturated carbocycles. The Bertz CT molecular complexity index is 685. The second-order valence-corrected chi connectivity index (χ2v) is 4.11. The number of aromatic carboxylic acids is 1. The van der Waals surface area contributed by atoms with Gasteiger partial charge in [0.05, 0.1) is 28.1 Å². The number of nitro benzene ring substituents is 1. The normalized spacial score (nSPS) is 10.1. The largest absolute Gasteiger partial charge is 0.478 e. The fraction of sp³-hybridized carbons (Fsp3) is 0.0769. The molecule has 0 bridgehead atoms. The zero-order valence-electron chi connectivity index (χ0n) is 10.5. The molecule has 2 N–H and O–H groups in total. The van der Waals surface area contributed by atoms with E-state index in [1.54, 1.807) is 18.5 Å². The van der Waals surface area contributed by atoms with Crippen LogP contribution in [0.5, 0.6) is 0 Å². The Hall–Kier alpha value is -2.96. The van der Waals surface area contributed by atoms with Crippen molar-refractivity contribution in [3.63, 3.8) is 0 Å². The van der Waals surface area contributed by atoms with Crippen LogP contribution < -0.4 is 5.32 Å². The minimum absolute atomic E-state index is 0.164. The molecule has 0 saturated heterocycles. The molecule has 7 heteroatoms. The van der Waals surface area contributed by atoms with E-state index < -0.39 is 10.9 Å². The molecule has 1 heterocycles. The van der Waals surface area contributed by atoms with E-state index in [4.69, 9.17) is 5.11 Å². The topological polar surface area (TPSA) is 105 Å². The summed E-state index contributed by atoms with van der Waals surface area (Å²) in [5, 5.41) is 22.7. The van der Waals surface area contributed by atoms with Crippen LogP contribution in [0.1, 0.15) is 15.9 Å². The number of nitrogens with one attached hydrogen (secondary N) is 1. The highest BCUT2D eigenvalue weighted by Gasteiger charge is 2.16. The number of benzene rings is 1. The summed E-state index contributed by atoms with van der Waals surface area (Å²) in [7, 11) is 0. The van der Waals surface area contributed by atoms with Gasteiger partial charge in [-0.25, -0.2) is 4.79 Å². The van der Waals surface area contributed by atoms with Gasteiger partial charge in [-0.15, -0.1) is 0 Å². The minimum atomic E-state index is -1.24. The van der Waals surface area contributed by atoms with Gasteiger partial charge in [-0.05, 0) is 24.6 Å². The number of aromatic nitrogens is 1. The highest BCUT2D eigenvalue weighted by atomic mass is 16.6. The Labute approximate surface area is 114 Å². The van der Waals surface area contributed by atoms with Gasteiger partial charge in [0, 0.05) is 18.3 Å². The van der Waals surface area contributed by atoms with E-state index in [0.29, 0.717) is 5.69 Å². The van der Waals surface area contributed by atoms with Crippen molar-refractivity contribution in [3.8, 4) is 0 Å². The standard InChI is InChI=1S/C13H11N3O4/c1-8-4-5-14-7-12(8)15-11-3-2-9(16(19)20)6-10(11)13(17)18/h2-7,15H,1H3,(H,17,18). The molecule has 0 aliphatic carbocycles. The highest BCUT2D eigenvalue weighted by molar-refractivity contribution is 5.96. The number of nitrogens with zero attached hydrogens (tertiary/aromatic N) is 2. The number of anilines is 2. The van der Waals surface area contributed by atoms with Gasteiger partial charge in [-0.3, -0.25) is 15.1 Å². The van der Waals surface area contributed by atoms with Crippen molar-refractivity contribution in [2.45, 2.75) is 6.92 Å². The number of carboxylic acids is 1. The molecule has 7 nitrogen and oxygen atoms in total. The van der Waals surface area contributed by atoms with Crippen LogP contribution >= 0.6 is 0 Å². The maximum atomic E-state index is 11.2. The molecule has 1 aromatic carbocycles. The van der Waals surface area contributed by atoms with Crippen molar-refractivity contribution >= 4 is 23.0 Å². The van der Waals surface area contributed by atoms with Crippen molar-refractivity contribution in [2.75, 3.05) is 5.32 Å². The van der Waals surface area contributed by atoms with Crippen molar-refractivity contribution in [3.05, 3.63) is 57.9 Å². The average Bonchev–Trinajstić information content (AvgIpc) is 2.41. The summed E-state index contributed by atoms with van der Waals surface area (Å²) in [6, 6.07) is 5.42.